The molecule has 27 heavy (non-hydrogen) atoms. The summed E-state index contributed by atoms with van der Waals surface area (Å²) in [4.78, 5) is 5.15. The number of ether oxygens (including phenoxy) is 1. The molecule has 2 aromatic carbocycles. The number of aliphatic imine (C=N–C) groups is 1. The van der Waals surface area contributed by atoms with E-state index in [4.69, 9.17) is 10.5 Å². The minimum absolute atomic E-state index is 0. The average Bonchev–Trinajstić information content (AvgIpc) is 3.11. The van der Waals surface area contributed by atoms with Gasteiger partial charge in [0.1, 0.15) is 11.9 Å². The zero-order chi connectivity index (χ0) is 18.4. The van der Waals surface area contributed by atoms with Gasteiger partial charge in [0.25, 0.3) is 0 Å². The van der Waals surface area contributed by atoms with Crippen molar-refractivity contribution in [1.82, 2.24) is 5.32 Å². The van der Waals surface area contributed by atoms with E-state index in [1.54, 1.807) is 18.4 Å². The summed E-state index contributed by atoms with van der Waals surface area (Å²) in [5.74, 6) is 1.19. The molecule has 1 unspecified atom stereocenters. The average molecular weight is 497 g/mol. The lowest BCUT2D eigenvalue weighted by molar-refractivity contribution is 0.191. The lowest BCUT2D eigenvalue weighted by Crippen LogP contribution is -2.33. The van der Waals surface area contributed by atoms with Crippen LogP contribution >= 0.6 is 35.3 Å². The number of hydrogen-bond donors (Lipinski definition) is 3. The smallest absolute Gasteiger partial charge is 0.188 e. The maximum Gasteiger partial charge on any atom is 0.188 e. The molecule has 3 aromatic rings. The molecule has 0 aliphatic heterocycles. The maximum absolute atomic E-state index is 10.3. The van der Waals surface area contributed by atoms with Gasteiger partial charge in [0.15, 0.2) is 5.96 Å². The lowest BCUT2D eigenvalue weighted by Gasteiger charge is -2.08. The first kappa shape index (κ1) is 21.5. The number of nitrogens with two attached hydrogens (primary N) is 1. The van der Waals surface area contributed by atoms with Crippen LogP contribution in [-0.4, -0.2) is 31.3 Å². The van der Waals surface area contributed by atoms with E-state index >= 15 is 0 Å². The Labute approximate surface area is 180 Å². The third-order valence-corrected chi connectivity index (χ3v) is 5.30. The minimum Gasteiger partial charge on any atom is -0.497 e. The molecule has 0 spiro atoms. The predicted octanol–water partition coefficient (Wildman–Crippen LogP) is 3.71. The van der Waals surface area contributed by atoms with Crippen LogP contribution < -0.4 is 15.8 Å². The van der Waals surface area contributed by atoms with Crippen molar-refractivity contribution in [1.29, 1.82) is 0 Å². The van der Waals surface area contributed by atoms with Crippen LogP contribution in [0.3, 0.4) is 0 Å². The van der Waals surface area contributed by atoms with Gasteiger partial charge in [-0.3, -0.25) is 4.99 Å². The van der Waals surface area contributed by atoms with Crippen LogP contribution in [0.15, 0.2) is 59.6 Å². The SMILES string of the molecule is COc1ccc(CCNC(N)=NCC(O)c2cc3ccccc3s2)cc1.I. The molecule has 0 amide bonds. The summed E-state index contributed by atoms with van der Waals surface area (Å²) in [6, 6.07) is 18.0. The van der Waals surface area contributed by atoms with E-state index in [1.807, 2.05) is 48.5 Å². The molecule has 1 aromatic heterocycles. The molecule has 4 N–H and O–H groups in total. The fourth-order valence-corrected chi connectivity index (χ4v) is 3.67. The number of hydrogen-bond acceptors (Lipinski definition) is 4. The van der Waals surface area contributed by atoms with Gasteiger partial charge in [0, 0.05) is 16.1 Å². The number of nitrogens with zero attached hydrogens (tertiary/aromatic N) is 1. The molecule has 7 heteroatoms. The zero-order valence-corrected chi connectivity index (χ0v) is 18.2. The van der Waals surface area contributed by atoms with Crippen molar-refractivity contribution >= 4 is 51.4 Å². The Kier molecular flexibility index (Phi) is 8.33. The van der Waals surface area contributed by atoms with Crippen molar-refractivity contribution in [3.63, 3.8) is 0 Å². The van der Waals surface area contributed by atoms with E-state index in [-0.39, 0.29) is 30.5 Å². The van der Waals surface area contributed by atoms with Gasteiger partial charge in [-0.05, 0) is 41.6 Å². The zero-order valence-electron chi connectivity index (χ0n) is 15.1. The van der Waals surface area contributed by atoms with Crippen LogP contribution in [0.25, 0.3) is 10.1 Å². The number of guanidine groups is 1. The summed E-state index contributed by atoms with van der Waals surface area (Å²) >= 11 is 1.58. The Morgan fingerprint density at radius 3 is 2.67 bits per heavy atom. The number of aliphatic hydroxyl groups is 1. The highest BCUT2D eigenvalue weighted by Crippen LogP contribution is 2.29. The molecular formula is C20H24IN3O2S. The molecule has 144 valence electrons. The van der Waals surface area contributed by atoms with Crippen LogP contribution in [0, 0.1) is 0 Å². The monoisotopic (exact) mass is 497 g/mol. The van der Waals surface area contributed by atoms with Crippen molar-refractivity contribution in [2.45, 2.75) is 12.5 Å². The molecule has 0 aliphatic carbocycles. The minimum atomic E-state index is -0.644. The highest BCUT2D eigenvalue weighted by molar-refractivity contribution is 14.0. The predicted molar refractivity (Wildman–Crippen MR) is 123 cm³/mol. The number of halogens is 1. The van der Waals surface area contributed by atoms with Crippen LogP contribution in [0.4, 0.5) is 0 Å². The van der Waals surface area contributed by atoms with Gasteiger partial charge in [0.2, 0.25) is 0 Å². The van der Waals surface area contributed by atoms with Crippen LogP contribution in [0.1, 0.15) is 16.5 Å². The summed E-state index contributed by atoms with van der Waals surface area (Å²) in [7, 11) is 1.65. The lowest BCUT2D eigenvalue weighted by atomic mass is 10.1. The first-order chi connectivity index (χ1) is 12.7. The molecule has 0 fully saturated rings. The van der Waals surface area contributed by atoms with Gasteiger partial charge in [-0.2, -0.15) is 0 Å². The first-order valence-electron chi connectivity index (χ1n) is 8.49. The summed E-state index contributed by atoms with van der Waals surface area (Å²) in [5.41, 5.74) is 7.09. The van der Waals surface area contributed by atoms with E-state index < -0.39 is 6.10 Å². The van der Waals surface area contributed by atoms with Crippen LogP contribution in [0.5, 0.6) is 5.75 Å². The molecule has 0 saturated carbocycles. The van der Waals surface area contributed by atoms with Crippen LogP contribution in [-0.2, 0) is 6.42 Å². The largest absolute Gasteiger partial charge is 0.497 e. The third kappa shape index (κ3) is 6.08. The molecule has 0 aliphatic rings. The summed E-state index contributed by atoms with van der Waals surface area (Å²) < 4.78 is 6.31. The number of methoxy groups -OCH3 is 1. The van der Waals surface area contributed by atoms with E-state index in [2.05, 4.69) is 16.4 Å². The Hall–Kier alpha value is -1.84. The van der Waals surface area contributed by atoms with Gasteiger partial charge in [0.05, 0.1) is 13.7 Å². The second kappa shape index (κ2) is 10.5. The fourth-order valence-electron chi connectivity index (χ4n) is 2.62. The second-order valence-corrected chi connectivity index (χ2v) is 7.07. The Balaban J connectivity index is 0.00000261. The third-order valence-electron chi connectivity index (χ3n) is 4.09. The standard InChI is InChI=1S/C20H23N3O2S.HI/c1-25-16-8-6-14(7-9-16)10-11-22-20(21)23-13-17(24)19-12-15-4-2-3-5-18(15)26-19;/h2-9,12,17,24H,10-11,13H2,1H3,(H3,21,22,23);1H. The maximum atomic E-state index is 10.3. The molecule has 3 rings (SSSR count). The Morgan fingerprint density at radius 1 is 1.22 bits per heavy atom. The highest BCUT2D eigenvalue weighted by atomic mass is 127. The number of nitrogens with one attached hydrogen (secondary N) is 1. The molecule has 0 bridgehead atoms. The normalized spacial score (nSPS) is 12.4. The summed E-state index contributed by atoms with van der Waals surface area (Å²) in [6.45, 7) is 0.925. The number of aliphatic hydroxyl groups excluding tert-OH is 1. The number of fused-ring (bicyclic) bond motifs is 1. The molecular weight excluding hydrogens is 473 g/mol. The molecule has 0 saturated heterocycles. The van der Waals surface area contributed by atoms with Gasteiger partial charge in [-0.1, -0.05) is 30.3 Å². The fraction of sp³-hybridized carbons (Fsp3) is 0.250. The van der Waals surface area contributed by atoms with Gasteiger partial charge in [-0.25, -0.2) is 0 Å². The van der Waals surface area contributed by atoms with E-state index in [1.165, 1.54) is 5.56 Å². The Bertz CT molecular complexity index is 847. The van der Waals surface area contributed by atoms with E-state index in [0.29, 0.717) is 12.5 Å². The molecule has 0 radical (unpaired) electrons. The van der Waals surface area contributed by atoms with Crippen molar-refractivity contribution in [3.8, 4) is 5.75 Å². The number of benzene rings is 2. The summed E-state index contributed by atoms with van der Waals surface area (Å²) in [5, 5.41) is 14.6. The quantitative estimate of drug-likeness (QED) is 0.264. The number of rotatable bonds is 7. The van der Waals surface area contributed by atoms with Crippen molar-refractivity contribution in [2.24, 2.45) is 10.7 Å². The van der Waals surface area contributed by atoms with Crippen molar-refractivity contribution in [2.75, 3.05) is 20.2 Å². The van der Waals surface area contributed by atoms with E-state index in [9.17, 15) is 5.11 Å². The molecule has 1 atom stereocenters. The summed E-state index contributed by atoms with van der Waals surface area (Å²) in [6.07, 6.45) is 0.188. The molecule has 5 nitrogen and oxygen atoms in total. The molecule has 1 heterocycles. The van der Waals surface area contributed by atoms with Crippen molar-refractivity contribution < 1.29 is 9.84 Å². The second-order valence-electron chi connectivity index (χ2n) is 5.95. The van der Waals surface area contributed by atoms with Gasteiger partial charge in [-0.15, -0.1) is 35.3 Å². The van der Waals surface area contributed by atoms with Gasteiger partial charge < -0.3 is 20.9 Å². The number of thiophene rings is 1. The van der Waals surface area contributed by atoms with E-state index in [0.717, 1.165) is 27.1 Å². The highest BCUT2D eigenvalue weighted by Gasteiger charge is 2.11. The van der Waals surface area contributed by atoms with Crippen LogP contribution in [0.2, 0.25) is 0 Å². The topological polar surface area (TPSA) is 79.9 Å². The van der Waals surface area contributed by atoms with Gasteiger partial charge >= 0.3 is 0 Å². The van der Waals surface area contributed by atoms with Crippen molar-refractivity contribution in [3.05, 3.63) is 65.0 Å². The Morgan fingerprint density at radius 2 is 1.96 bits per heavy atom. The first-order valence-corrected chi connectivity index (χ1v) is 9.30.